The summed E-state index contributed by atoms with van der Waals surface area (Å²) in [7, 11) is 0. The first kappa shape index (κ1) is 13.3. The van der Waals surface area contributed by atoms with Gasteiger partial charge in [0.1, 0.15) is 0 Å². The minimum Gasteiger partial charge on any atom is -0.355 e. The maximum atomic E-state index is 10.5. The fourth-order valence-electron chi connectivity index (χ4n) is 0.675. The molecule has 0 aromatic heterocycles. The second-order valence-corrected chi connectivity index (χ2v) is 2.26. The van der Waals surface area contributed by atoms with Crippen LogP contribution in [0, 0.1) is 0 Å². The molecule has 0 radical (unpaired) electrons. The predicted molar refractivity (Wildman–Crippen MR) is 48.8 cm³/mol. The highest BCUT2D eigenvalue weighted by Gasteiger charge is 1.93. The van der Waals surface area contributed by atoms with Gasteiger partial charge < -0.3 is 11.1 Å². The topological polar surface area (TPSA) is 55.1 Å². The van der Waals surface area contributed by atoms with E-state index < -0.39 is 0 Å². The Morgan fingerprint density at radius 3 is 2.55 bits per heavy atom. The fourth-order valence-corrected chi connectivity index (χ4v) is 0.675. The van der Waals surface area contributed by atoms with Crippen molar-refractivity contribution < 1.29 is 4.79 Å². The molecule has 0 aromatic carbocycles. The van der Waals surface area contributed by atoms with Crippen molar-refractivity contribution in [3.8, 4) is 0 Å². The summed E-state index contributed by atoms with van der Waals surface area (Å²) in [6.45, 7) is 3.00. The number of nitrogens with one attached hydrogen (secondary N) is 1. The Morgan fingerprint density at radius 1 is 1.45 bits per heavy atom. The van der Waals surface area contributed by atoms with Gasteiger partial charge in [-0.05, 0) is 6.42 Å². The van der Waals surface area contributed by atoms with Crippen LogP contribution in [-0.4, -0.2) is 19.0 Å². The number of halogens is 1. The molecule has 0 aliphatic rings. The smallest absolute Gasteiger partial charge is 0.233 e. The molecule has 0 saturated carbocycles. The first-order valence-corrected chi connectivity index (χ1v) is 3.78. The van der Waals surface area contributed by atoms with Gasteiger partial charge in [0.15, 0.2) is 0 Å². The second-order valence-electron chi connectivity index (χ2n) is 2.26. The highest BCUT2D eigenvalue weighted by molar-refractivity contribution is 5.85. The number of amides is 1. The Morgan fingerprint density at radius 2 is 2.09 bits per heavy atom. The summed E-state index contributed by atoms with van der Waals surface area (Å²) in [5.74, 6) is -0.0592. The third-order valence-corrected chi connectivity index (χ3v) is 1.29. The Kier molecular flexibility index (Phi) is 11.8. The second kappa shape index (κ2) is 9.72. The molecule has 0 aromatic rings. The molecular formula is C7H17ClN2O. The highest BCUT2D eigenvalue weighted by Crippen LogP contribution is 1.90. The molecule has 0 aliphatic heterocycles. The minimum atomic E-state index is -0.0592. The van der Waals surface area contributed by atoms with Crippen molar-refractivity contribution in [2.45, 2.75) is 26.2 Å². The molecule has 0 fully saturated rings. The van der Waals surface area contributed by atoms with Crippen molar-refractivity contribution in [1.29, 1.82) is 0 Å². The maximum absolute atomic E-state index is 10.5. The van der Waals surface area contributed by atoms with Crippen LogP contribution < -0.4 is 11.1 Å². The minimum absolute atomic E-state index is 0. The van der Waals surface area contributed by atoms with Crippen molar-refractivity contribution in [3.05, 3.63) is 0 Å². The number of hydrogen-bond acceptors (Lipinski definition) is 2. The van der Waals surface area contributed by atoms with E-state index in [9.17, 15) is 4.79 Å². The molecule has 0 spiro atoms. The van der Waals surface area contributed by atoms with Crippen LogP contribution in [0.2, 0.25) is 0 Å². The molecule has 1 amide bonds. The Bertz CT molecular complexity index is 98.4. The summed E-state index contributed by atoms with van der Waals surface area (Å²) in [5, 5.41) is 2.70. The molecule has 0 heterocycles. The van der Waals surface area contributed by atoms with Crippen molar-refractivity contribution in [1.82, 2.24) is 5.32 Å². The van der Waals surface area contributed by atoms with Crippen molar-refractivity contribution in [2.24, 2.45) is 5.73 Å². The number of carbonyl (C=O) groups excluding carboxylic acids is 1. The van der Waals surface area contributed by atoms with Crippen LogP contribution >= 0.6 is 12.4 Å². The molecule has 68 valence electrons. The van der Waals surface area contributed by atoms with E-state index in [1.54, 1.807) is 0 Å². The summed E-state index contributed by atoms with van der Waals surface area (Å²) in [5.41, 5.74) is 5.07. The van der Waals surface area contributed by atoms with Crippen molar-refractivity contribution in [3.63, 3.8) is 0 Å². The average molecular weight is 181 g/mol. The van der Waals surface area contributed by atoms with Gasteiger partial charge in [-0.2, -0.15) is 0 Å². The van der Waals surface area contributed by atoms with Crippen molar-refractivity contribution in [2.75, 3.05) is 13.1 Å². The molecule has 11 heavy (non-hydrogen) atoms. The van der Waals surface area contributed by atoms with E-state index in [4.69, 9.17) is 5.73 Å². The van der Waals surface area contributed by atoms with Crippen molar-refractivity contribution >= 4 is 18.3 Å². The van der Waals surface area contributed by atoms with E-state index in [1.165, 1.54) is 12.8 Å². The van der Waals surface area contributed by atoms with Gasteiger partial charge in [0.25, 0.3) is 0 Å². The summed E-state index contributed by atoms with van der Waals surface area (Å²) in [6, 6.07) is 0. The van der Waals surface area contributed by atoms with Crippen LogP contribution in [-0.2, 0) is 4.79 Å². The molecule has 0 bridgehead atoms. The molecule has 3 N–H and O–H groups in total. The number of hydrogen-bond donors (Lipinski definition) is 2. The number of carbonyl (C=O) groups is 1. The zero-order valence-corrected chi connectivity index (χ0v) is 7.75. The van der Waals surface area contributed by atoms with Gasteiger partial charge in [0.2, 0.25) is 5.91 Å². The lowest BCUT2D eigenvalue weighted by Gasteiger charge is -2.00. The normalized spacial score (nSPS) is 8.55. The van der Waals surface area contributed by atoms with Crippen LogP contribution in [0.15, 0.2) is 0 Å². The average Bonchev–Trinajstić information content (AvgIpc) is 1.98. The lowest BCUT2D eigenvalue weighted by atomic mass is 10.2. The lowest BCUT2D eigenvalue weighted by molar-refractivity contribution is -0.119. The lowest BCUT2D eigenvalue weighted by Crippen LogP contribution is -2.30. The Hall–Kier alpha value is -0.280. The summed E-state index contributed by atoms with van der Waals surface area (Å²) >= 11 is 0. The Balaban J connectivity index is 0. The summed E-state index contributed by atoms with van der Waals surface area (Å²) < 4.78 is 0. The first-order chi connectivity index (χ1) is 4.81. The number of rotatable bonds is 5. The van der Waals surface area contributed by atoms with Gasteiger partial charge in [0.05, 0.1) is 6.54 Å². The molecule has 3 nitrogen and oxygen atoms in total. The third kappa shape index (κ3) is 9.72. The van der Waals surface area contributed by atoms with E-state index in [0.29, 0.717) is 0 Å². The van der Waals surface area contributed by atoms with E-state index in [1.807, 2.05) is 0 Å². The molecule has 4 heteroatoms. The van der Waals surface area contributed by atoms with Gasteiger partial charge >= 0.3 is 0 Å². The monoisotopic (exact) mass is 180 g/mol. The van der Waals surface area contributed by atoms with Gasteiger partial charge in [-0.1, -0.05) is 19.8 Å². The quantitative estimate of drug-likeness (QED) is 0.612. The zero-order chi connectivity index (χ0) is 7.82. The van der Waals surface area contributed by atoms with Crippen LogP contribution in [0.4, 0.5) is 0 Å². The predicted octanol–water partition coefficient (Wildman–Crippen LogP) is 0.673. The molecule has 0 unspecified atom stereocenters. The number of unbranched alkanes of at least 4 members (excludes halogenated alkanes) is 2. The van der Waals surface area contributed by atoms with E-state index in [2.05, 4.69) is 12.2 Å². The van der Waals surface area contributed by atoms with E-state index in [-0.39, 0.29) is 24.9 Å². The molecule has 0 atom stereocenters. The SMILES string of the molecule is CCCCCNC(=O)CN.Cl. The maximum Gasteiger partial charge on any atom is 0.233 e. The fraction of sp³-hybridized carbons (Fsp3) is 0.857. The van der Waals surface area contributed by atoms with Crippen LogP contribution in [0.3, 0.4) is 0 Å². The van der Waals surface area contributed by atoms with E-state index in [0.717, 1.165) is 13.0 Å². The summed E-state index contributed by atoms with van der Waals surface area (Å²) in [6.07, 6.45) is 3.41. The highest BCUT2D eigenvalue weighted by atomic mass is 35.5. The first-order valence-electron chi connectivity index (χ1n) is 3.78. The van der Waals surface area contributed by atoms with E-state index >= 15 is 0 Å². The molecule has 0 aliphatic carbocycles. The third-order valence-electron chi connectivity index (χ3n) is 1.29. The molecule has 0 saturated heterocycles. The van der Waals surface area contributed by atoms with Crippen LogP contribution in [0.1, 0.15) is 26.2 Å². The van der Waals surface area contributed by atoms with Crippen LogP contribution in [0.25, 0.3) is 0 Å². The molecule has 0 rings (SSSR count). The van der Waals surface area contributed by atoms with Crippen LogP contribution in [0.5, 0.6) is 0 Å². The Labute approximate surface area is 74.1 Å². The zero-order valence-electron chi connectivity index (χ0n) is 6.93. The van der Waals surface area contributed by atoms with Gasteiger partial charge in [-0.3, -0.25) is 4.79 Å². The standard InChI is InChI=1S/C7H16N2O.ClH/c1-2-3-4-5-9-7(10)6-8;/h2-6,8H2,1H3,(H,9,10);1H. The molecular weight excluding hydrogens is 164 g/mol. The summed E-state index contributed by atoms with van der Waals surface area (Å²) in [4.78, 5) is 10.5. The number of nitrogens with two attached hydrogens (primary N) is 1. The van der Waals surface area contributed by atoms with Gasteiger partial charge in [-0.25, -0.2) is 0 Å². The largest absolute Gasteiger partial charge is 0.355 e. The van der Waals surface area contributed by atoms with Gasteiger partial charge in [-0.15, -0.1) is 12.4 Å². The van der Waals surface area contributed by atoms with Gasteiger partial charge in [0, 0.05) is 6.54 Å².